The molecule has 2 aromatic rings. The van der Waals surface area contributed by atoms with Gasteiger partial charge in [-0.2, -0.15) is 0 Å². The third-order valence-electron chi connectivity index (χ3n) is 7.32. The second kappa shape index (κ2) is 11.0. The second-order valence-corrected chi connectivity index (χ2v) is 11.7. The molecule has 3 unspecified atom stereocenters. The number of fused-ring (bicyclic) bond motifs is 1. The van der Waals surface area contributed by atoms with E-state index in [1.165, 1.54) is 4.90 Å². The quantitative estimate of drug-likeness (QED) is 0.598. The van der Waals surface area contributed by atoms with Gasteiger partial charge in [0.05, 0.1) is 12.6 Å². The first-order valence-electron chi connectivity index (χ1n) is 13.3. The van der Waals surface area contributed by atoms with Crippen LogP contribution < -0.4 is 10.6 Å². The van der Waals surface area contributed by atoms with Gasteiger partial charge in [0.25, 0.3) is 5.91 Å². The van der Waals surface area contributed by atoms with Crippen LogP contribution in [0.5, 0.6) is 0 Å². The number of hydrogen-bond acceptors (Lipinski definition) is 4. The number of para-hydroxylation sites is 1. The molecule has 4 amide bonds. The van der Waals surface area contributed by atoms with Gasteiger partial charge in [-0.15, -0.1) is 0 Å². The normalized spacial score (nSPS) is 19.9. The highest BCUT2D eigenvalue weighted by Crippen LogP contribution is 2.31. The van der Waals surface area contributed by atoms with Crippen molar-refractivity contribution in [3.05, 3.63) is 65.7 Å². The SMILES string of the molecule is CC(C)CC(NC(=O)c1ccc(C(C)(C)C)cc1)C(=O)N1CCC2C1C(=O)CN2C(=O)Nc1ccccc1. The molecule has 0 radical (unpaired) electrons. The number of benzene rings is 2. The average Bonchev–Trinajstić information content (AvgIpc) is 3.44. The number of carbonyl (C=O) groups is 4. The van der Waals surface area contributed by atoms with E-state index in [4.69, 9.17) is 0 Å². The standard InChI is InChI=1S/C30H38N4O4/c1-19(2)17-23(32-27(36)20-11-13-21(14-12-20)30(3,4)5)28(37)33-16-15-24-26(33)25(35)18-34(24)29(38)31-22-9-7-6-8-10-22/h6-14,19,23-24,26H,15-18H2,1-5H3,(H,31,38)(H,32,36). The van der Waals surface area contributed by atoms with Crippen LogP contribution in [0.25, 0.3) is 0 Å². The van der Waals surface area contributed by atoms with Gasteiger partial charge in [0, 0.05) is 17.8 Å². The maximum absolute atomic E-state index is 13.7. The lowest BCUT2D eigenvalue weighted by Gasteiger charge is -2.29. The molecule has 2 fully saturated rings. The molecule has 2 aliphatic rings. The van der Waals surface area contributed by atoms with Gasteiger partial charge in [0.15, 0.2) is 5.78 Å². The summed E-state index contributed by atoms with van der Waals surface area (Å²) in [5, 5.41) is 5.77. The van der Waals surface area contributed by atoms with E-state index in [1.54, 1.807) is 29.2 Å². The number of rotatable bonds is 6. The maximum atomic E-state index is 13.7. The third-order valence-corrected chi connectivity index (χ3v) is 7.32. The molecule has 0 bridgehead atoms. The maximum Gasteiger partial charge on any atom is 0.322 e. The number of hydrogen-bond donors (Lipinski definition) is 2. The molecule has 2 saturated heterocycles. The molecule has 38 heavy (non-hydrogen) atoms. The molecule has 2 heterocycles. The van der Waals surface area contributed by atoms with E-state index < -0.39 is 12.1 Å². The molecular weight excluding hydrogens is 480 g/mol. The number of nitrogens with one attached hydrogen (secondary N) is 2. The van der Waals surface area contributed by atoms with Crippen LogP contribution in [-0.2, 0) is 15.0 Å². The van der Waals surface area contributed by atoms with E-state index in [1.807, 2.05) is 44.2 Å². The third kappa shape index (κ3) is 5.90. The molecule has 202 valence electrons. The topological polar surface area (TPSA) is 98.8 Å². The van der Waals surface area contributed by atoms with Crippen molar-refractivity contribution in [1.82, 2.24) is 15.1 Å². The summed E-state index contributed by atoms with van der Waals surface area (Å²) in [5.74, 6) is -0.596. The first-order valence-corrected chi connectivity index (χ1v) is 13.3. The highest BCUT2D eigenvalue weighted by molar-refractivity contribution is 6.02. The number of urea groups is 1. The van der Waals surface area contributed by atoms with Crippen LogP contribution in [0.3, 0.4) is 0 Å². The minimum atomic E-state index is -0.761. The van der Waals surface area contributed by atoms with Crippen LogP contribution in [0, 0.1) is 5.92 Å². The van der Waals surface area contributed by atoms with E-state index in [-0.39, 0.29) is 47.5 Å². The zero-order valence-corrected chi connectivity index (χ0v) is 22.9. The van der Waals surface area contributed by atoms with E-state index in [2.05, 4.69) is 31.4 Å². The van der Waals surface area contributed by atoms with Gasteiger partial charge in [-0.05, 0) is 54.0 Å². The molecule has 0 aliphatic carbocycles. The predicted molar refractivity (Wildman–Crippen MR) is 147 cm³/mol. The monoisotopic (exact) mass is 518 g/mol. The number of Topliss-reactive ketones (excluding diaryl/α,β-unsaturated/α-hetero) is 1. The number of anilines is 1. The summed E-state index contributed by atoms with van der Waals surface area (Å²) >= 11 is 0. The van der Waals surface area contributed by atoms with Crippen LogP contribution in [0.4, 0.5) is 10.5 Å². The smallest absolute Gasteiger partial charge is 0.322 e. The van der Waals surface area contributed by atoms with Crippen molar-refractivity contribution in [2.75, 3.05) is 18.4 Å². The summed E-state index contributed by atoms with van der Waals surface area (Å²) in [6.07, 6.45) is 0.964. The fourth-order valence-electron chi connectivity index (χ4n) is 5.31. The molecular formula is C30H38N4O4. The minimum absolute atomic E-state index is 0.0306. The summed E-state index contributed by atoms with van der Waals surface area (Å²) in [6, 6.07) is 14.3. The van der Waals surface area contributed by atoms with Gasteiger partial charge in [-0.3, -0.25) is 14.4 Å². The largest absolute Gasteiger partial charge is 0.340 e. The van der Waals surface area contributed by atoms with Crippen LogP contribution >= 0.6 is 0 Å². The highest BCUT2D eigenvalue weighted by atomic mass is 16.2. The summed E-state index contributed by atoms with van der Waals surface area (Å²) in [4.78, 5) is 55.9. The number of carbonyl (C=O) groups excluding carboxylic acids is 4. The lowest BCUT2D eigenvalue weighted by atomic mass is 9.86. The Kier molecular flexibility index (Phi) is 7.90. The van der Waals surface area contributed by atoms with E-state index in [0.29, 0.717) is 30.6 Å². The minimum Gasteiger partial charge on any atom is -0.340 e. The molecule has 8 heteroatoms. The molecule has 2 aromatic carbocycles. The van der Waals surface area contributed by atoms with E-state index in [0.717, 1.165) is 5.56 Å². The number of ketones is 1. The van der Waals surface area contributed by atoms with E-state index in [9.17, 15) is 19.2 Å². The van der Waals surface area contributed by atoms with Crippen molar-refractivity contribution in [1.29, 1.82) is 0 Å². The van der Waals surface area contributed by atoms with Crippen LogP contribution in [0.1, 0.15) is 63.4 Å². The van der Waals surface area contributed by atoms with Gasteiger partial charge in [-0.1, -0.05) is 65.0 Å². The zero-order valence-electron chi connectivity index (χ0n) is 22.9. The lowest BCUT2D eigenvalue weighted by Crippen LogP contribution is -2.53. The van der Waals surface area contributed by atoms with Gasteiger partial charge in [0.2, 0.25) is 5.91 Å². The van der Waals surface area contributed by atoms with Gasteiger partial charge >= 0.3 is 6.03 Å². The Morgan fingerprint density at radius 3 is 2.24 bits per heavy atom. The average molecular weight is 519 g/mol. The van der Waals surface area contributed by atoms with Gasteiger partial charge in [-0.25, -0.2) is 4.79 Å². The molecule has 8 nitrogen and oxygen atoms in total. The van der Waals surface area contributed by atoms with Crippen molar-refractivity contribution < 1.29 is 19.2 Å². The van der Waals surface area contributed by atoms with E-state index >= 15 is 0 Å². The predicted octanol–water partition coefficient (Wildman–Crippen LogP) is 4.21. The number of nitrogens with zero attached hydrogens (tertiary/aromatic N) is 2. The summed E-state index contributed by atoms with van der Waals surface area (Å²) in [5.41, 5.74) is 2.22. The van der Waals surface area contributed by atoms with Crippen LogP contribution in [-0.4, -0.2) is 64.6 Å². The van der Waals surface area contributed by atoms with Crippen molar-refractivity contribution in [3.63, 3.8) is 0 Å². The summed E-state index contributed by atoms with van der Waals surface area (Å²) in [7, 11) is 0. The summed E-state index contributed by atoms with van der Waals surface area (Å²) < 4.78 is 0. The van der Waals surface area contributed by atoms with Crippen molar-refractivity contribution in [3.8, 4) is 0 Å². The Morgan fingerprint density at radius 1 is 0.974 bits per heavy atom. The lowest BCUT2D eigenvalue weighted by molar-refractivity contribution is -0.138. The van der Waals surface area contributed by atoms with Gasteiger partial charge < -0.3 is 20.4 Å². The van der Waals surface area contributed by atoms with Crippen LogP contribution in [0.15, 0.2) is 54.6 Å². The highest BCUT2D eigenvalue weighted by Gasteiger charge is 2.52. The molecule has 0 aromatic heterocycles. The Balaban J connectivity index is 1.47. The Bertz CT molecular complexity index is 1190. The fraction of sp³-hybridized carbons (Fsp3) is 0.467. The summed E-state index contributed by atoms with van der Waals surface area (Å²) in [6.45, 7) is 10.6. The molecule has 0 spiro atoms. The van der Waals surface area contributed by atoms with Crippen molar-refractivity contribution in [2.45, 2.75) is 71.0 Å². The number of likely N-dealkylation sites (tertiary alicyclic amines) is 2. The molecule has 4 rings (SSSR count). The number of amides is 4. The van der Waals surface area contributed by atoms with Crippen molar-refractivity contribution in [2.24, 2.45) is 5.92 Å². The molecule has 2 N–H and O–H groups in total. The molecule has 0 saturated carbocycles. The Morgan fingerprint density at radius 2 is 1.63 bits per heavy atom. The van der Waals surface area contributed by atoms with Crippen LogP contribution in [0.2, 0.25) is 0 Å². The first-order chi connectivity index (χ1) is 18.0. The Hall–Kier alpha value is -3.68. The van der Waals surface area contributed by atoms with Crippen molar-refractivity contribution >= 4 is 29.3 Å². The molecule has 3 atom stereocenters. The molecule has 2 aliphatic heterocycles. The zero-order chi connectivity index (χ0) is 27.6. The second-order valence-electron chi connectivity index (χ2n) is 11.7. The van der Waals surface area contributed by atoms with Gasteiger partial charge in [0.1, 0.15) is 12.1 Å². The fourth-order valence-corrected chi connectivity index (χ4v) is 5.31. The Labute approximate surface area is 224 Å². The first kappa shape index (κ1) is 27.4.